The number of anilines is 1. The first-order chi connectivity index (χ1) is 8.74. The average Bonchev–Trinajstić information content (AvgIpc) is 2.29. The van der Waals surface area contributed by atoms with Gasteiger partial charge in [0.15, 0.2) is 0 Å². The zero-order valence-corrected chi connectivity index (χ0v) is 12.7. The largest absolute Gasteiger partial charge is 0.398 e. The van der Waals surface area contributed by atoms with Crippen molar-refractivity contribution < 1.29 is 13.2 Å². The van der Waals surface area contributed by atoms with E-state index >= 15 is 0 Å². The number of hydrogen-bond acceptors (Lipinski definition) is 4. The van der Waals surface area contributed by atoms with Crippen LogP contribution in [0.1, 0.15) is 25.0 Å². The number of nitrogen functional groups attached to an aromatic ring is 1. The van der Waals surface area contributed by atoms with Gasteiger partial charge < -0.3 is 10.5 Å². The molecule has 0 radical (unpaired) electrons. The highest BCUT2D eigenvalue weighted by Crippen LogP contribution is 2.22. The van der Waals surface area contributed by atoms with E-state index in [0.717, 1.165) is 5.56 Å². The van der Waals surface area contributed by atoms with E-state index in [1.54, 1.807) is 19.1 Å². The molecule has 0 bridgehead atoms. The number of aryl methyl sites for hydroxylation is 1. The first kappa shape index (κ1) is 15.9. The Kier molecular flexibility index (Phi) is 5.34. The maximum Gasteiger partial charge on any atom is 0.240 e. The van der Waals surface area contributed by atoms with Crippen LogP contribution in [0.2, 0.25) is 0 Å². The zero-order chi connectivity index (χ0) is 14.6. The van der Waals surface area contributed by atoms with Crippen molar-refractivity contribution in [3.8, 4) is 0 Å². The summed E-state index contributed by atoms with van der Waals surface area (Å²) < 4.78 is 32.2. The van der Waals surface area contributed by atoms with Crippen LogP contribution in [0.5, 0.6) is 0 Å². The topological polar surface area (TPSA) is 81.4 Å². The van der Waals surface area contributed by atoms with Crippen molar-refractivity contribution in [3.63, 3.8) is 0 Å². The Labute approximate surface area is 115 Å². The minimum absolute atomic E-state index is 0.0841. The number of rotatable bonds is 6. The van der Waals surface area contributed by atoms with E-state index in [2.05, 4.69) is 4.72 Å². The molecule has 5 nitrogen and oxygen atoms in total. The third-order valence-corrected chi connectivity index (χ3v) is 4.27. The fraction of sp³-hybridized carbons (Fsp3) is 0.538. The predicted molar refractivity (Wildman–Crippen MR) is 76.6 cm³/mol. The van der Waals surface area contributed by atoms with Gasteiger partial charge in [0.05, 0.1) is 17.6 Å². The van der Waals surface area contributed by atoms with Crippen LogP contribution in [-0.2, 0) is 14.8 Å². The van der Waals surface area contributed by atoms with Gasteiger partial charge in [-0.15, -0.1) is 0 Å². The Bertz CT molecular complexity index is 539. The van der Waals surface area contributed by atoms with Crippen molar-refractivity contribution in [2.75, 3.05) is 18.9 Å². The average molecular weight is 286 g/mol. The summed E-state index contributed by atoms with van der Waals surface area (Å²) in [7, 11) is -3.54. The monoisotopic (exact) mass is 286 g/mol. The number of sulfonamides is 1. The second-order valence-electron chi connectivity index (χ2n) is 4.79. The van der Waals surface area contributed by atoms with Gasteiger partial charge in [-0.25, -0.2) is 13.1 Å². The lowest BCUT2D eigenvalue weighted by atomic mass is 10.1. The number of ether oxygens (including phenoxy) is 1. The van der Waals surface area contributed by atoms with Crippen LogP contribution in [0.4, 0.5) is 5.69 Å². The van der Waals surface area contributed by atoms with Crippen molar-refractivity contribution in [1.82, 2.24) is 4.72 Å². The standard InChI is InChI=1S/C13H22N2O3S/c1-9(2)18-6-5-15-19(16,17)13-8-10(3)7-12(14)11(13)4/h7-9,15H,5-6,14H2,1-4H3. The smallest absolute Gasteiger partial charge is 0.240 e. The summed E-state index contributed by atoms with van der Waals surface area (Å²) in [6.07, 6.45) is 0.0841. The van der Waals surface area contributed by atoms with Gasteiger partial charge >= 0.3 is 0 Å². The molecule has 108 valence electrons. The molecular weight excluding hydrogens is 264 g/mol. The fourth-order valence-corrected chi connectivity index (χ4v) is 3.05. The van der Waals surface area contributed by atoms with Crippen molar-refractivity contribution in [2.45, 2.75) is 38.7 Å². The highest BCUT2D eigenvalue weighted by atomic mass is 32.2. The lowest BCUT2D eigenvalue weighted by Gasteiger charge is -2.13. The van der Waals surface area contributed by atoms with Gasteiger partial charge in [0.25, 0.3) is 0 Å². The van der Waals surface area contributed by atoms with Crippen LogP contribution in [0, 0.1) is 13.8 Å². The molecule has 6 heteroatoms. The Morgan fingerprint density at radius 2 is 1.95 bits per heavy atom. The molecule has 0 saturated heterocycles. The van der Waals surface area contributed by atoms with Gasteiger partial charge in [0, 0.05) is 12.2 Å². The fourth-order valence-electron chi connectivity index (χ4n) is 1.68. The van der Waals surface area contributed by atoms with Crippen LogP contribution in [0.15, 0.2) is 17.0 Å². The van der Waals surface area contributed by atoms with Crippen molar-refractivity contribution in [1.29, 1.82) is 0 Å². The summed E-state index contributed by atoms with van der Waals surface area (Å²) in [6, 6.07) is 3.38. The van der Waals surface area contributed by atoms with Crippen LogP contribution in [-0.4, -0.2) is 27.7 Å². The first-order valence-corrected chi connectivity index (χ1v) is 7.70. The van der Waals surface area contributed by atoms with Crippen molar-refractivity contribution in [2.24, 2.45) is 0 Å². The highest BCUT2D eigenvalue weighted by molar-refractivity contribution is 7.89. The molecular formula is C13H22N2O3S. The normalized spacial score (nSPS) is 12.1. The second kappa shape index (κ2) is 6.36. The summed E-state index contributed by atoms with van der Waals surface area (Å²) in [4.78, 5) is 0.231. The predicted octanol–water partition coefficient (Wildman–Crippen LogP) is 1.59. The van der Waals surface area contributed by atoms with E-state index in [-0.39, 0.29) is 17.5 Å². The molecule has 0 aliphatic rings. The minimum Gasteiger partial charge on any atom is -0.398 e. The maximum absolute atomic E-state index is 12.2. The Balaban J connectivity index is 2.83. The van der Waals surface area contributed by atoms with E-state index in [0.29, 0.717) is 17.9 Å². The molecule has 0 fully saturated rings. The molecule has 0 aliphatic carbocycles. The summed E-state index contributed by atoms with van der Waals surface area (Å²) in [5.41, 5.74) is 7.67. The molecule has 0 aliphatic heterocycles. The van der Waals surface area contributed by atoms with Crippen LogP contribution < -0.4 is 10.5 Å². The SMILES string of the molecule is Cc1cc(N)c(C)c(S(=O)(=O)NCCOC(C)C)c1. The number of benzene rings is 1. The third-order valence-electron chi connectivity index (χ3n) is 2.68. The second-order valence-corrected chi connectivity index (χ2v) is 6.53. The molecule has 0 heterocycles. The van der Waals surface area contributed by atoms with Crippen LogP contribution >= 0.6 is 0 Å². The summed E-state index contributed by atoms with van der Waals surface area (Å²) in [5, 5.41) is 0. The molecule has 0 spiro atoms. The van der Waals surface area contributed by atoms with Crippen LogP contribution in [0.25, 0.3) is 0 Å². The van der Waals surface area contributed by atoms with E-state index in [9.17, 15) is 8.42 Å². The third kappa shape index (κ3) is 4.49. The lowest BCUT2D eigenvalue weighted by Crippen LogP contribution is -2.29. The first-order valence-electron chi connectivity index (χ1n) is 6.22. The molecule has 1 aromatic carbocycles. The summed E-state index contributed by atoms with van der Waals surface area (Å²) >= 11 is 0. The van der Waals surface area contributed by atoms with E-state index in [4.69, 9.17) is 10.5 Å². The van der Waals surface area contributed by atoms with Gasteiger partial charge in [0.1, 0.15) is 0 Å². The zero-order valence-electron chi connectivity index (χ0n) is 11.9. The van der Waals surface area contributed by atoms with Gasteiger partial charge in [-0.2, -0.15) is 0 Å². The van der Waals surface area contributed by atoms with Gasteiger partial charge in [-0.1, -0.05) is 0 Å². The van der Waals surface area contributed by atoms with Crippen molar-refractivity contribution >= 4 is 15.7 Å². The Morgan fingerprint density at radius 1 is 1.32 bits per heavy atom. The number of nitrogens with one attached hydrogen (secondary N) is 1. The molecule has 0 atom stereocenters. The lowest BCUT2D eigenvalue weighted by molar-refractivity contribution is 0.0834. The summed E-state index contributed by atoms with van der Waals surface area (Å²) in [6.45, 7) is 7.91. The molecule has 19 heavy (non-hydrogen) atoms. The van der Waals surface area contributed by atoms with Gasteiger partial charge in [0.2, 0.25) is 10.0 Å². The van der Waals surface area contributed by atoms with Gasteiger partial charge in [-0.05, 0) is 51.0 Å². The molecule has 1 rings (SSSR count). The van der Waals surface area contributed by atoms with E-state index in [1.165, 1.54) is 0 Å². The van der Waals surface area contributed by atoms with E-state index in [1.807, 2.05) is 20.8 Å². The molecule has 0 aromatic heterocycles. The molecule has 0 unspecified atom stereocenters. The van der Waals surface area contributed by atoms with Crippen LogP contribution in [0.3, 0.4) is 0 Å². The van der Waals surface area contributed by atoms with Gasteiger partial charge in [-0.3, -0.25) is 0 Å². The molecule has 3 N–H and O–H groups in total. The van der Waals surface area contributed by atoms with Crippen molar-refractivity contribution in [3.05, 3.63) is 23.3 Å². The highest BCUT2D eigenvalue weighted by Gasteiger charge is 2.18. The number of hydrogen-bond donors (Lipinski definition) is 2. The Hall–Kier alpha value is -1.11. The molecule has 0 amide bonds. The maximum atomic E-state index is 12.2. The Morgan fingerprint density at radius 3 is 2.53 bits per heavy atom. The quantitative estimate of drug-likeness (QED) is 0.614. The molecule has 0 saturated carbocycles. The van der Waals surface area contributed by atoms with E-state index < -0.39 is 10.0 Å². The minimum atomic E-state index is -3.54. The number of nitrogens with two attached hydrogens (primary N) is 1. The molecule has 1 aromatic rings. The summed E-state index contributed by atoms with van der Waals surface area (Å²) in [5.74, 6) is 0.